The van der Waals surface area contributed by atoms with Crippen LogP contribution in [0.25, 0.3) is 17.2 Å². The minimum Gasteiger partial charge on any atom is -0.354 e. The highest BCUT2D eigenvalue weighted by Gasteiger charge is 2.21. The van der Waals surface area contributed by atoms with Gasteiger partial charge < -0.3 is 4.74 Å². The fourth-order valence-corrected chi connectivity index (χ4v) is 2.50. The molecule has 0 saturated carbocycles. The van der Waals surface area contributed by atoms with Crippen LogP contribution in [0.2, 0.25) is 0 Å². The van der Waals surface area contributed by atoms with Gasteiger partial charge in [0.2, 0.25) is 5.91 Å². The third-order valence-electron chi connectivity index (χ3n) is 3.56. The topological polar surface area (TPSA) is 29.5 Å². The molecular formula is C18H17NO2. The Morgan fingerprint density at radius 3 is 2.57 bits per heavy atom. The first kappa shape index (κ1) is 13.6. The van der Waals surface area contributed by atoms with Crippen LogP contribution in [0, 0.1) is 0 Å². The van der Waals surface area contributed by atoms with E-state index in [1.54, 1.807) is 11.8 Å². The van der Waals surface area contributed by atoms with E-state index in [4.69, 9.17) is 4.74 Å². The third-order valence-corrected chi connectivity index (χ3v) is 3.56. The summed E-state index contributed by atoms with van der Waals surface area (Å²) < 4.78 is 5.39. The summed E-state index contributed by atoms with van der Waals surface area (Å²) in [6.45, 7) is 2.38. The molecule has 0 unspecified atom stereocenters. The van der Waals surface area contributed by atoms with Crippen LogP contribution >= 0.6 is 0 Å². The fraction of sp³-hybridized carbons (Fsp3) is 0.167. The summed E-state index contributed by atoms with van der Waals surface area (Å²) in [4.78, 5) is 13.3. The standard InChI is InChI=1S/C18H17NO2/c1-14(20)19-13-21-12-17(19)11-16-9-5-6-10-18(16)15-7-3-2-4-8-15/h2-11H,12-13H2,1H3/b17-11+. The van der Waals surface area contributed by atoms with Gasteiger partial charge in [-0.3, -0.25) is 9.69 Å². The number of carbonyl (C=O) groups excluding carboxylic acids is 1. The second kappa shape index (κ2) is 5.94. The monoisotopic (exact) mass is 279 g/mol. The zero-order valence-corrected chi connectivity index (χ0v) is 12.0. The van der Waals surface area contributed by atoms with Crippen molar-refractivity contribution in [2.45, 2.75) is 6.92 Å². The smallest absolute Gasteiger partial charge is 0.225 e. The van der Waals surface area contributed by atoms with Crippen molar-refractivity contribution in [1.82, 2.24) is 4.90 Å². The molecule has 1 aliphatic heterocycles. The average Bonchev–Trinajstić information content (AvgIpc) is 2.97. The Morgan fingerprint density at radius 1 is 1.10 bits per heavy atom. The molecule has 0 aliphatic carbocycles. The lowest BCUT2D eigenvalue weighted by Gasteiger charge is -2.14. The fourth-order valence-electron chi connectivity index (χ4n) is 2.50. The SMILES string of the molecule is CC(=O)N1COC/C1=C\c1ccccc1-c1ccccc1. The molecule has 0 radical (unpaired) electrons. The number of ether oxygens (including phenoxy) is 1. The molecule has 1 aliphatic rings. The third kappa shape index (κ3) is 2.88. The largest absolute Gasteiger partial charge is 0.354 e. The van der Waals surface area contributed by atoms with Crippen LogP contribution < -0.4 is 0 Å². The number of hydrogen-bond acceptors (Lipinski definition) is 2. The number of hydrogen-bond donors (Lipinski definition) is 0. The summed E-state index contributed by atoms with van der Waals surface area (Å²) in [7, 11) is 0. The Kier molecular flexibility index (Phi) is 3.84. The molecule has 2 aromatic rings. The van der Waals surface area contributed by atoms with Crippen molar-refractivity contribution < 1.29 is 9.53 Å². The van der Waals surface area contributed by atoms with Gasteiger partial charge in [-0.05, 0) is 22.8 Å². The number of rotatable bonds is 2. The van der Waals surface area contributed by atoms with Crippen LogP contribution in [0.4, 0.5) is 0 Å². The lowest BCUT2D eigenvalue weighted by molar-refractivity contribution is -0.127. The van der Waals surface area contributed by atoms with Crippen LogP contribution in [0.15, 0.2) is 60.3 Å². The van der Waals surface area contributed by atoms with Gasteiger partial charge in [-0.15, -0.1) is 0 Å². The first-order chi connectivity index (χ1) is 10.3. The van der Waals surface area contributed by atoms with Crippen LogP contribution in [-0.4, -0.2) is 24.1 Å². The Hall–Kier alpha value is -2.39. The quantitative estimate of drug-likeness (QED) is 0.841. The van der Waals surface area contributed by atoms with E-state index in [-0.39, 0.29) is 5.91 Å². The van der Waals surface area contributed by atoms with Crippen molar-refractivity contribution in [3.05, 3.63) is 65.9 Å². The normalized spacial score (nSPS) is 16.4. The summed E-state index contributed by atoms with van der Waals surface area (Å²) >= 11 is 0. The van der Waals surface area contributed by atoms with Crippen molar-refractivity contribution in [3.8, 4) is 11.1 Å². The molecule has 3 rings (SSSR count). The Morgan fingerprint density at radius 2 is 1.81 bits per heavy atom. The van der Waals surface area contributed by atoms with Crippen molar-refractivity contribution in [1.29, 1.82) is 0 Å². The van der Waals surface area contributed by atoms with E-state index >= 15 is 0 Å². The maximum atomic E-state index is 11.6. The molecule has 0 aromatic heterocycles. The van der Waals surface area contributed by atoms with Crippen molar-refractivity contribution in [2.24, 2.45) is 0 Å². The molecule has 0 bridgehead atoms. The van der Waals surface area contributed by atoms with Crippen molar-refractivity contribution in [3.63, 3.8) is 0 Å². The highest BCUT2D eigenvalue weighted by Crippen LogP contribution is 2.27. The molecule has 2 aromatic carbocycles. The number of carbonyl (C=O) groups is 1. The first-order valence-corrected chi connectivity index (χ1v) is 6.96. The summed E-state index contributed by atoms with van der Waals surface area (Å²) in [5.74, 6) is 0.0101. The first-order valence-electron chi connectivity index (χ1n) is 6.96. The van der Waals surface area contributed by atoms with Gasteiger partial charge in [-0.1, -0.05) is 54.6 Å². The molecule has 1 fully saturated rings. The molecule has 1 amide bonds. The molecule has 0 atom stereocenters. The van der Waals surface area contributed by atoms with E-state index < -0.39 is 0 Å². The molecule has 106 valence electrons. The molecule has 21 heavy (non-hydrogen) atoms. The van der Waals surface area contributed by atoms with E-state index in [1.165, 1.54) is 5.56 Å². The van der Waals surface area contributed by atoms with Gasteiger partial charge in [0.05, 0.1) is 6.61 Å². The van der Waals surface area contributed by atoms with Gasteiger partial charge in [0.25, 0.3) is 0 Å². The predicted molar refractivity (Wildman–Crippen MR) is 83.2 cm³/mol. The van der Waals surface area contributed by atoms with Gasteiger partial charge in [0.15, 0.2) is 0 Å². The number of amides is 1. The zero-order valence-electron chi connectivity index (χ0n) is 12.0. The molecule has 3 heteroatoms. The van der Waals surface area contributed by atoms with Gasteiger partial charge in [0, 0.05) is 12.6 Å². The highest BCUT2D eigenvalue weighted by atomic mass is 16.5. The van der Waals surface area contributed by atoms with E-state index in [9.17, 15) is 4.79 Å². The summed E-state index contributed by atoms with van der Waals surface area (Å²) in [6, 6.07) is 18.4. The second-order valence-electron chi connectivity index (χ2n) is 5.01. The van der Waals surface area contributed by atoms with E-state index in [0.717, 1.165) is 16.8 Å². The van der Waals surface area contributed by atoms with Crippen LogP contribution in [-0.2, 0) is 9.53 Å². The molecule has 0 spiro atoms. The zero-order chi connectivity index (χ0) is 14.7. The average molecular weight is 279 g/mol. The van der Waals surface area contributed by atoms with Gasteiger partial charge in [-0.25, -0.2) is 0 Å². The lowest BCUT2D eigenvalue weighted by atomic mass is 9.99. The Labute approximate surface area is 124 Å². The molecule has 1 heterocycles. The van der Waals surface area contributed by atoms with Gasteiger partial charge in [0.1, 0.15) is 6.73 Å². The second-order valence-corrected chi connectivity index (χ2v) is 5.01. The van der Waals surface area contributed by atoms with Gasteiger partial charge >= 0.3 is 0 Å². The van der Waals surface area contributed by atoms with E-state index in [2.05, 4.69) is 24.3 Å². The summed E-state index contributed by atoms with van der Waals surface area (Å²) in [6.07, 6.45) is 2.04. The maximum absolute atomic E-state index is 11.6. The maximum Gasteiger partial charge on any atom is 0.225 e. The van der Waals surface area contributed by atoms with E-state index in [0.29, 0.717) is 13.3 Å². The summed E-state index contributed by atoms with van der Waals surface area (Å²) in [5, 5.41) is 0. The molecular weight excluding hydrogens is 262 g/mol. The Balaban J connectivity index is 2.02. The van der Waals surface area contributed by atoms with Crippen LogP contribution in [0.5, 0.6) is 0 Å². The van der Waals surface area contributed by atoms with Crippen LogP contribution in [0.3, 0.4) is 0 Å². The minimum absolute atomic E-state index is 0.0101. The highest BCUT2D eigenvalue weighted by molar-refractivity contribution is 5.80. The number of benzene rings is 2. The van der Waals surface area contributed by atoms with E-state index in [1.807, 2.05) is 36.4 Å². The summed E-state index contributed by atoms with van der Waals surface area (Å²) in [5.41, 5.74) is 4.32. The van der Waals surface area contributed by atoms with Gasteiger partial charge in [-0.2, -0.15) is 0 Å². The van der Waals surface area contributed by atoms with Crippen molar-refractivity contribution in [2.75, 3.05) is 13.3 Å². The molecule has 3 nitrogen and oxygen atoms in total. The minimum atomic E-state index is 0.0101. The van der Waals surface area contributed by atoms with Crippen molar-refractivity contribution >= 4 is 12.0 Å². The molecule has 1 saturated heterocycles. The lowest BCUT2D eigenvalue weighted by Crippen LogP contribution is -2.23. The van der Waals surface area contributed by atoms with Crippen LogP contribution in [0.1, 0.15) is 12.5 Å². The Bertz CT molecular complexity index is 677. The molecule has 0 N–H and O–H groups in total. The predicted octanol–water partition coefficient (Wildman–Crippen LogP) is 3.53. The number of nitrogens with zero attached hydrogens (tertiary/aromatic N) is 1.